The number of anilines is 1. The van der Waals surface area contributed by atoms with Gasteiger partial charge in [-0.25, -0.2) is 4.39 Å². The molecule has 1 amide bonds. The van der Waals surface area contributed by atoms with Crippen LogP contribution in [-0.4, -0.2) is 16.8 Å². The Morgan fingerprint density at radius 3 is 2.64 bits per heavy atom. The van der Waals surface area contributed by atoms with E-state index in [4.69, 9.17) is 4.42 Å². The van der Waals surface area contributed by atoms with Crippen molar-refractivity contribution in [1.82, 2.24) is 0 Å². The van der Waals surface area contributed by atoms with Crippen LogP contribution in [0, 0.1) is 12.7 Å². The SMILES string of the molecule is Cc1ccc(C(=O)C[C@@]2(O)C(=O)N(Cc3cccc(F)c3)c3ccccc32)o1. The summed E-state index contributed by atoms with van der Waals surface area (Å²) in [4.78, 5) is 27.1. The second kappa shape index (κ2) is 6.73. The van der Waals surface area contributed by atoms with Crippen molar-refractivity contribution in [2.24, 2.45) is 0 Å². The first-order chi connectivity index (χ1) is 13.4. The van der Waals surface area contributed by atoms with Gasteiger partial charge in [-0.15, -0.1) is 0 Å². The molecule has 1 aliphatic rings. The van der Waals surface area contributed by atoms with Gasteiger partial charge in [-0.2, -0.15) is 0 Å². The van der Waals surface area contributed by atoms with E-state index in [1.54, 1.807) is 49.4 Å². The van der Waals surface area contributed by atoms with Crippen molar-refractivity contribution in [3.05, 3.63) is 89.1 Å². The molecule has 6 heteroatoms. The van der Waals surface area contributed by atoms with E-state index in [2.05, 4.69) is 0 Å². The highest BCUT2D eigenvalue weighted by Gasteiger charge is 2.51. The molecular weight excluding hydrogens is 361 g/mol. The van der Waals surface area contributed by atoms with Gasteiger partial charge in [0, 0.05) is 5.56 Å². The summed E-state index contributed by atoms with van der Waals surface area (Å²) in [6.07, 6.45) is -0.435. The molecule has 0 saturated carbocycles. The molecule has 28 heavy (non-hydrogen) atoms. The number of amides is 1. The molecule has 1 atom stereocenters. The van der Waals surface area contributed by atoms with Crippen molar-refractivity contribution in [2.75, 3.05) is 4.90 Å². The number of halogens is 1. The average Bonchev–Trinajstić information content (AvgIpc) is 3.19. The average molecular weight is 379 g/mol. The van der Waals surface area contributed by atoms with Crippen LogP contribution in [-0.2, 0) is 16.9 Å². The fourth-order valence-electron chi connectivity index (χ4n) is 3.56. The summed E-state index contributed by atoms with van der Waals surface area (Å²) >= 11 is 0. The summed E-state index contributed by atoms with van der Waals surface area (Å²) in [7, 11) is 0. The molecule has 5 nitrogen and oxygen atoms in total. The normalized spacial score (nSPS) is 18.4. The molecular formula is C22H18FNO4. The Kier molecular flexibility index (Phi) is 4.35. The lowest BCUT2D eigenvalue weighted by molar-refractivity contribution is -0.136. The van der Waals surface area contributed by atoms with Crippen LogP contribution in [0.3, 0.4) is 0 Å². The Balaban J connectivity index is 1.68. The highest BCUT2D eigenvalue weighted by molar-refractivity contribution is 6.10. The molecule has 3 aromatic rings. The van der Waals surface area contributed by atoms with E-state index < -0.39 is 29.5 Å². The summed E-state index contributed by atoms with van der Waals surface area (Å²) in [6.45, 7) is 1.80. The molecule has 142 valence electrons. The monoisotopic (exact) mass is 379 g/mol. The third-order valence-electron chi connectivity index (χ3n) is 4.90. The van der Waals surface area contributed by atoms with Crippen LogP contribution in [0.15, 0.2) is 65.1 Å². The third-order valence-corrected chi connectivity index (χ3v) is 4.90. The maximum absolute atomic E-state index is 13.5. The summed E-state index contributed by atoms with van der Waals surface area (Å²) in [5.41, 5.74) is -0.557. The molecule has 0 unspecified atom stereocenters. The van der Waals surface area contributed by atoms with Crippen LogP contribution in [0.25, 0.3) is 0 Å². The topological polar surface area (TPSA) is 70.8 Å². The molecule has 0 fully saturated rings. The van der Waals surface area contributed by atoms with E-state index in [0.29, 0.717) is 22.6 Å². The van der Waals surface area contributed by atoms with Gasteiger partial charge in [-0.1, -0.05) is 30.3 Å². The molecule has 2 aromatic carbocycles. The molecule has 0 saturated heterocycles. The summed E-state index contributed by atoms with van der Waals surface area (Å²) in [5.74, 6) is -0.821. The van der Waals surface area contributed by atoms with E-state index in [9.17, 15) is 19.1 Å². The Bertz CT molecular complexity index is 1070. The van der Waals surface area contributed by atoms with E-state index >= 15 is 0 Å². The van der Waals surface area contributed by atoms with Crippen LogP contribution < -0.4 is 4.90 Å². The van der Waals surface area contributed by atoms with Gasteiger partial charge in [0.2, 0.25) is 5.78 Å². The molecule has 1 aromatic heterocycles. The molecule has 2 heterocycles. The van der Waals surface area contributed by atoms with Gasteiger partial charge in [0.15, 0.2) is 11.4 Å². The molecule has 0 bridgehead atoms. The van der Waals surface area contributed by atoms with Crippen LogP contribution in [0.4, 0.5) is 10.1 Å². The highest BCUT2D eigenvalue weighted by Crippen LogP contribution is 2.43. The predicted molar refractivity (Wildman–Crippen MR) is 100 cm³/mol. The maximum Gasteiger partial charge on any atom is 0.264 e. The molecule has 1 N–H and O–H groups in total. The Morgan fingerprint density at radius 2 is 1.93 bits per heavy atom. The van der Waals surface area contributed by atoms with Crippen LogP contribution >= 0.6 is 0 Å². The van der Waals surface area contributed by atoms with Gasteiger partial charge in [0.05, 0.1) is 18.7 Å². The summed E-state index contributed by atoms with van der Waals surface area (Å²) in [5, 5.41) is 11.2. The van der Waals surface area contributed by atoms with Gasteiger partial charge in [-0.05, 0) is 42.8 Å². The first-order valence-corrected chi connectivity index (χ1v) is 8.86. The van der Waals surface area contributed by atoms with Gasteiger partial charge in [-0.3, -0.25) is 9.59 Å². The fourth-order valence-corrected chi connectivity index (χ4v) is 3.56. The fraction of sp³-hybridized carbons (Fsp3) is 0.182. The lowest BCUT2D eigenvalue weighted by Crippen LogP contribution is -2.41. The first-order valence-electron chi connectivity index (χ1n) is 8.86. The van der Waals surface area contributed by atoms with Crippen molar-refractivity contribution in [3.63, 3.8) is 0 Å². The summed E-state index contributed by atoms with van der Waals surface area (Å²) < 4.78 is 18.9. The van der Waals surface area contributed by atoms with Crippen molar-refractivity contribution in [2.45, 2.75) is 25.5 Å². The molecule has 4 rings (SSSR count). The Labute approximate surface area is 161 Å². The molecule has 0 spiro atoms. The minimum atomic E-state index is -2.00. The number of aliphatic hydroxyl groups is 1. The smallest absolute Gasteiger partial charge is 0.264 e. The number of benzene rings is 2. The number of para-hydroxylation sites is 1. The third kappa shape index (κ3) is 3.01. The zero-order valence-electron chi connectivity index (χ0n) is 15.2. The second-order valence-corrected chi connectivity index (χ2v) is 6.91. The number of rotatable bonds is 5. The standard InChI is InChI=1S/C22H18FNO4/c1-14-9-10-20(28-14)19(25)12-22(27)17-7-2-3-8-18(17)24(21(22)26)13-15-5-4-6-16(23)11-15/h2-11,27H,12-13H2,1H3/t22-/m0/s1. The minimum Gasteiger partial charge on any atom is -0.458 e. The largest absolute Gasteiger partial charge is 0.458 e. The Hall–Kier alpha value is -3.25. The molecule has 0 radical (unpaired) electrons. The van der Waals surface area contributed by atoms with E-state index in [0.717, 1.165) is 0 Å². The molecule has 1 aliphatic heterocycles. The lowest BCUT2D eigenvalue weighted by Gasteiger charge is -2.22. The maximum atomic E-state index is 13.5. The van der Waals surface area contributed by atoms with Crippen molar-refractivity contribution in [3.8, 4) is 0 Å². The van der Waals surface area contributed by atoms with E-state index in [-0.39, 0.29) is 12.3 Å². The van der Waals surface area contributed by atoms with Gasteiger partial charge in [0.25, 0.3) is 5.91 Å². The lowest BCUT2D eigenvalue weighted by atomic mass is 9.89. The number of carbonyl (C=O) groups is 2. The van der Waals surface area contributed by atoms with Crippen molar-refractivity contribution in [1.29, 1.82) is 0 Å². The van der Waals surface area contributed by atoms with Crippen molar-refractivity contribution < 1.29 is 23.5 Å². The number of aryl methyl sites for hydroxylation is 1. The van der Waals surface area contributed by atoms with Gasteiger partial charge in [0.1, 0.15) is 11.6 Å². The molecule has 0 aliphatic carbocycles. The van der Waals surface area contributed by atoms with Crippen LogP contribution in [0.2, 0.25) is 0 Å². The number of Topliss-reactive ketones (excluding diaryl/α,β-unsaturated/α-hetero) is 1. The van der Waals surface area contributed by atoms with Crippen molar-refractivity contribution >= 4 is 17.4 Å². The zero-order chi connectivity index (χ0) is 19.9. The second-order valence-electron chi connectivity index (χ2n) is 6.91. The number of carbonyl (C=O) groups excluding carboxylic acids is 2. The number of fused-ring (bicyclic) bond motifs is 1. The number of hydrogen-bond donors (Lipinski definition) is 1. The number of furan rings is 1. The number of hydrogen-bond acceptors (Lipinski definition) is 4. The van der Waals surface area contributed by atoms with Crippen LogP contribution in [0.5, 0.6) is 0 Å². The summed E-state index contributed by atoms with van der Waals surface area (Å²) in [6, 6.07) is 15.9. The van der Waals surface area contributed by atoms with E-state index in [1.165, 1.54) is 23.1 Å². The Morgan fingerprint density at radius 1 is 1.14 bits per heavy atom. The number of nitrogens with zero attached hydrogens (tertiary/aromatic N) is 1. The van der Waals surface area contributed by atoms with E-state index in [1.807, 2.05) is 0 Å². The zero-order valence-corrected chi connectivity index (χ0v) is 15.2. The first kappa shape index (κ1) is 18.1. The van der Waals surface area contributed by atoms with Crippen LogP contribution in [0.1, 0.15) is 33.9 Å². The highest BCUT2D eigenvalue weighted by atomic mass is 19.1. The number of ketones is 1. The quantitative estimate of drug-likeness (QED) is 0.686. The minimum absolute atomic E-state index is 0.0873. The van der Waals surface area contributed by atoms with Gasteiger partial charge >= 0.3 is 0 Å². The van der Waals surface area contributed by atoms with Gasteiger partial charge < -0.3 is 14.4 Å². The predicted octanol–water partition coefficient (Wildman–Crippen LogP) is 3.73.